The maximum Gasteiger partial charge on any atom is 0.408 e. The zero-order chi connectivity index (χ0) is 38.6. The van der Waals surface area contributed by atoms with Crippen LogP contribution in [-0.4, -0.2) is 146 Å². The summed E-state index contributed by atoms with van der Waals surface area (Å²) in [6.45, 7) is 21.2. The van der Waals surface area contributed by atoms with Crippen LogP contribution in [0, 0.1) is 19.8 Å². The molecule has 0 radical (unpaired) electrons. The Morgan fingerprint density at radius 2 is 1.26 bits per heavy atom. The number of aryl methyl sites for hydroxylation is 2. The lowest BCUT2D eigenvalue weighted by Gasteiger charge is -2.05. The molecule has 15 nitrogen and oxygen atoms in total. The summed E-state index contributed by atoms with van der Waals surface area (Å²) >= 11 is 0. The number of hydrogen-bond acceptors (Lipinski definition) is 13. The molecule has 1 aliphatic rings. The number of alkyl carbamates (subject to hydrolysis) is 1. The van der Waals surface area contributed by atoms with Crippen molar-refractivity contribution in [1.29, 1.82) is 0 Å². The summed E-state index contributed by atoms with van der Waals surface area (Å²) in [7, 11) is 15.2. The van der Waals surface area contributed by atoms with E-state index >= 15 is 0 Å². The van der Waals surface area contributed by atoms with Crippen LogP contribution in [0.3, 0.4) is 0 Å². The SMILES string of the molecule is CC(C)=O.CC1CC1.CCN(C)C.CCNC.CCOC.CCOCCO.CNC(=O)OC.COC(=O)N(C)C.Cc1nnc(C)o1. The Balaban J connectivity index is -0.0000000773. The van der Waals surface area contributed by atoms with Gasteiger partial charge in [0.05, 0.1) is 27.4 Å². The highest BCUT2D eigenvalue weighted by Gasteiger charge is 2.12. The van der Waals surface area contributed by atoms with E-state index < -0.39 is 6.09 Å². The zero-order valence-electron chi connectivity index (χ0n) is 33.2. The van der Waals surface area contributed by atoms with Gasteiger partial charge in [0.2, 0.25) is 11.8 Å². The Morgan fingerprint density at radius 3 is 1.30 bits per heavy atom. The molecule has 3 N–H and O–H groups in total. The number of aromatic nitrogens is 2. The Kier molecular flexibility index (Phi) is 66.8. The van der Waals surface area contributed by atoms with Gasteiger partial charge in [0, 0.05) is 55.3 Å². The van der Waals surface area contributed by atoms with E-state index in [4.69, 9.17) is 14.3 Å². The maximum absolute atomic E-state index is 10.2. The number of amides is 2. The number of rotatable bonds is 6. The molecule has 2 amide bonds. The lowest BCUT2D eigenvalue weighted by molar-refractivity contribution is -0.115. The van der Waals surface area contributed by atoms with Crippen LogP contribution in [0.15, 0.2) is 4.42 Å². The molecule has 0 saturated heterocycles. The van der Waals surface area contributed by atoms with Gasteiger partial charge in [-0.15, -0.1) is 10.2 Å². The fourth-order valence-corrected chi connectivity index (χ4v) is 1.06. The molecule has 0 bridgehead atoms. The monoisotopic (exact) mass is 687 g/mol. The molecule has 1 aromatic rings. The van der Waals surface area contributed by atoms with Crippen LogP contribution in [0.5, 0.6) is 0 Å². The summed E-state index contributed by atoms with van der Waals surface area (Å²) in [6.07, 6.45) is 2.25. The van der Waals surface area contributed by atoms with Crippen LogP contribution in [-0.2, 0) is 23.7 Å². The smallest absolute Gasteiger partial charge is 0.408 e. The highest BCUT2D eigenvalue weighted by Crippen LogP contribution is 2.26. The molecule has 1 aromatic heterocycles. The molecule has 1 saturated carbocycles. The fraction of sp³-hybridized carbons (Fsp3) is 0.844. The molecule has 0 aromatic carbocycles. The van der Waals surface area contributed by atoms with Gasteiger partial charge in [-0.2, -0.15) is 0 Å². The fourth-order valence-electron chi connectivity index (χ4n) is 1.06. The molecule has 1 heterocycles. The Labute approximate surface area is 287 Å². The predicted octanol–water partition coefficient (Wildman–Crippen LogP) is 4.45. The highest BCUT2D eigenvalue weighted by molar-refractivity contribution is 5.72. The zero-order valence-corrected chi connectivity index (χ0v) is 33.2. The first-order chi connectivity index (χ1) is 21.9. The number of hydrogen-bond donors (Lipinski definition) is 3. The second-order valence-corrected chi connectivity index (χ2v) is 9.64. The number of methoxy groups -OCH3 is 3. The first-order valence-corrected chi connectivity index (χ1v) is 15.6. The van der Waals surface area contributed by atoms with E-state index in [0.717, 1.165) is 25.6 Å². The minimum atomic E-state index is -0.407. The molecule has 0 aliphatic heterocycles. The second-order valence-electron chi connectivity index (χ2n) is 9.64. The van der Waals surface area contributed by atoms with Crippen LogP contribution in [0.4, 0.5) is 9.59 Å². The first kappa shape index (κ1) is 59.6. The quantitative estimate of drug-likeness (QED) is 0.358. The van der Waals surface area contributed by atoms with Gasteiger partial charge in [-0.1, -0.05) is 33.6 Å². The van der Waals surface area contributed by atoms with Crippen molar-refractivity contribution in [2.45, 2.75) is 75.2 Å². The lowest BCUT2D eigenvalue weighted by atomic mass is 10.5. The molecular formula is C32H74N6O9. The first-order valence-electron chi connectivity index (χ1n) is 15.6. The molecular weight excluding hydrogens is 612 g/mol. The number of nitrogens with one attached hydrogen (secondary N) is 2. The molecule has 15 heteroatoms. The average Bonchev–Trinajstić information content (AvgIpc) is 3.75. The van der Waals surface area contributed by atoms with E-state index in [-0.39, 0.29) is 18.5 Å². The molecule has 1 fully saturated rings. The van der Waals surface area contributed by atoms with Gasteiger partial charge in [-0.25, -0.2) is 9.59 Å². The third-order valence-corrected chi connectivity index (χ3v) is 4.14. The minimum absolute atomic E-state index is 0.133. The summed E-state index contributed by atoms with van der Waals surface area (Å²) < 4.78 is 22.6. The van der Waals surface area contributed by atoms with Crippen molar-refractivity contribution < 1.29 is 42.9 Å². The number of ether oxygens (including phenoxy) is 4. The molecule has 286 valence electrons. The number of carbonyl (C=O) groups excluding carboxylic acids is 3. The van der Waals surface area contributed by atoms with E-state index in [1.165, 1.54) is 52.9 Å². The summed E-state index contributed by atoms with van der Waals surface area (Å²) in [5.41, 5.74) is 0. The number of Topliss-reactive ketones (excluding diaryl/α,β-unsaturated/α-hetero) is 1. The second kappa shape index (κ2) is 52.7. The standard InChI is InChI=1S/C4H6N2O.C4H9NO2.C4H11N.C4H10O2.C4H8.C3H7NO2.C3H9N.C3H8O.C3H6O/c1-3-5-6-4(2)7-3;1-5(2)4(6)7-3;1-4-5(2)3;1-2-6-4-3-5;1-4-2-3-4;1-4-3(5)6-2;2*1-3-4-2;1-3(2)4/h1-2H3;1-3H3;4H2,1-3H3;5H,2-4H2,1H3;4H,2-3H2,1H3;1-2H3,(H,4,5);4H,3H2,1-2H3;3H2,1-2H3;1-2H3. The summed E-state index contributed by atoms with van der Waals surface area (Å²) in [6, 6.07) is 0. The average molecular weight is 687 g/mol. The van der Waals surface area contributed by atoms with Crippen molar-refractivity contribution in [3.8, 4) is 0 Å². The summed E-state index contributed by atoms with van der Waals surface area (Å²) in [4.78, 5) is 33.0. The number of aliphatic hydroxyl groups is 1. The van der Waals surface area contributed by atoms with Crippen LogP contribution in [0.2, 0.25) is 0 Å². The predicted molar refractivity (Wildman–Crippen MR) is 191 cm³/mol. The van der Waals surface area contributed by atoms with Crippen LogP contribution in [0.25, 0.3) is 0 Å². The van der Waals surface area contributed by atoms with Crippen molar-refractivity contribution in [2.75, 3.05) is 103 Å². The molecule has 0 unspecified atom stereocenters. The lowest BCUT2D eigenvalue weighted by Crippen LogP contribution is -2.20. The van der Waals surface area contributed by atoms with E-state index in [1.807, 2.05) is 20.9 Å². The molecule has 0 atom stereocenters. The van der Waals surface area contributed by atoms with Gasteiger partial charge >= 0.3 is 12.2 Å². The van der Waals surface area contributed by atoms with E-state index in [0.29, 0.717) is 25.0 Å². The van der Waals surface area contributed by atoms with E-state index in [2.05, 4.69) is 74.8 Å². The van der Waals surface area contributed by atoms with Crippen molar-refractivity contribution in [1.82, 2.24) is 30.6 Å². The van der Waals surface area contributed by atoms with Crippen LogP contribution >= 0.6 is 0 Å². The van der Waals surface area contributed by atoms with Gasteiger partial charge in [-0.3, -0.25) is 0 Å². The van der Waals surface area contributed by atoms with Gasteiger partial charge in [0.25, 0.3) is 0 Å². The molecule has 1 aliphatic carbocycles. The number of ketones is 1. The van der Waals surface area contributed by atoms with Crippen molar-refractivity contribution >= 4 is 18.0 Å². The van der Waals surface area contributed by atoms with Crippen LogP contribution < -0.4 is 10.6 Å². The highest BCUT2D eigenvalue weighted by atomic mass is 16.5. The van der Waals surface area contributed by atoms with Crippen LogP contribution in [0.1, 0.15) is 73.1 Å². The largest absolute Gasteiger partial charge is 0.453 e. The minimum Gasteiger partial charge on any atom is -0.453 e. The van der Waals surface area contributed by atoms with Gasteiger partial charge in [-0.05, 0) is 67.8 Å². The van der Waals surface area contributed by atoms with Crippen molar-refractivity contribution in [2.24, 2.45) is 5.92 Å². The Morgan fingerprint density at radius 1 is 0.894 bits per heavy atom. The summed E-state index contributed by atoms with van der Waals surface area (Å²) in [5.74, 6) is 2.50. The number of aliphatic hydroxyl groups excluding tert-OH is 1. The third-order valence-electron chi connectivity index (χ3n) is 4.14. The normalized spacial score (nSPS) is 9.70. The van der Waals surface area contributed by atoms with Gasteiger partial charge < -0.3 is 53.7 Å². The Bertz CT molecular complexity index is 695. The van der Waals surface area contributed by atoms with E-state index in [1.54, 1.807) is 35.1 Å². The molecule has 2 rings (SSSR count). The molecule has 47 heavy (non-hydrogen) atoms. The number of carbonyl (C=O) groups is 3. The Hall–Kier alpha value is -2.85. The molecule has 0 spiro atoms. The maximum atomic E-state index is 10.2. The van der Waals surface area contributed by atoms with Crippen molar-refractivity contribution in [3.05, 3.63) is 11.8 Å². The van der Waals surface area contributed by atoms with Crippen molar-refractivity contribution in [3.63, 3.8) is 0 Å². The van der Waals surface area contributed by atoms with E-state index in [9.17, 15) is 14.4 Å². The topological polar surface area (TPSA) is 178 Å². The number of nitrogens with zero attached hydrogens (tertiary/aromatic N) is 4. The third kappa shape index (κ3) is 107. The van der Waals surface area contributed by atoms with Gasteiger partial charge in [0.15, 0.2) is 0 Å². The summed E-state index contributed by atoms with van der Waals surface area (Å²) in [5, 5.41) is 20.5. The van der Waals surface area contributed by atoms with Gasteiger partial charge in [0.1, 0.15) is 5.78 Å².